The number of piperidine rings is 1. The van der Waals surface area contributed by atoms with Crippen LogP contribution in [0, 0.1) is 17.6 Å². The monoisotopic (exact) mass is 403 g/mol. The average molecular weight is 403 g/mol. The zero-order valence-electron chi connectivity index (χ0n) is 16.2. The van der Waals surface area contributed by atoms with Crippen molar-refractivity contribution >= 4 is 22.6 Å². The summed E-state index contributed by atoms with van der Waals surface area (Å²) in [5.41, 5.74) is -1.38. The van der Waals surface area contributed by atoms with Crippen molar-refractivity contribution in [2.45, 2.75) is 37.8 Å². The number of benzene rings is 1. The maximum absolute atomic E-state index is 15.7. The summed E-state index contributed by atoms with van der Waals surface area (Å²) in [5, 5.41) is 9.14. The molecule has 1 aromatic carbocycles. The summed E-state index contributed by atoms with van der Waals surface area (Å²) >= 11 is 0. The third-order valence-corrected chi connectivity index (χ3v) is 6.73. The minimum Gasteiger partial charge on any atom is -0.477 e. The second-order valence-electron chi connectivity index (χ2n) is 8.59. The SMILES string of the molecule is CN1CCCC2CN(c3c(F)cc4c(=O)c(C(=O)O)cn(C5CC5)c4c3F)CC21. The first-order valence-corrected chi connectivity index (χ1v) is 10.1. The molecule has 3 heterocycles. The van der Waals surface area contributed by atoms with Gasteiger partial charge in [-0.05, 0) is 51.3 Å². The van der Waals surface area contributed by atoms with E-state index in [0.29, 0.717) is 19.0 Å². The maximum atomic E-state index is 15.7. The highest BCUT2D eigenvalue weighted by molar-refractivity contribution is 5.94. The van der Waals surface area contributed by atoms with Crippen LogP contribution < -0.4 is 10.3 Å². The van der Waals surface area contributed by atoms with Gasteiger partial charge in [0.2, 0.25) is 5.43 Å². The summed E-state index contributed by atoms with van der Waals surface area (Å²) < 4.78 is 32.3. The molecule has 6 nitrogen and oxygen atoms in total. The zero-order valence-corrected chi connectivity index (χ0v) is 16.2. The molecule has 2 aliphatic heterocycles. The number of halogens is 2. The topological polar surface area (TPSA) is 65.8 Å². The van der Waals surface area contributed by atoms with E-state index in [0.717, 1.165) is 38.3 Å². The number of likely N-dealkylation sites (tertiary alicyclic amines) is 1. The van der Waals surface area contributed by atoms with Crippen molar-refractivity contribution in [3.8, 4) is 0 Å². The van der Waals surface area contributed by atoms with Gasteiger partial charge in [-0.2, -0.15) is 0 Å². The van der Waals surface area contributed by atoms with Crippen molar-refractivity contribution in [3.05, 3.63) is 39.7 Å². The van der Waals surface area contributed by atoms with Crippen molar-refractivity contribution in [2.24, 2.45) is 5.92 Å². The summed E-state index contributed by atoms with van der Waals surface area (Å²) in [6.07, 6.45) is 4.89. The molecule has 1 saturated carbocycles. The quantitative estimate of drug-likeness (QED) is 0.854. The lowest BCUT2D eigenvalue weighted by Crippen LogP contribution is -2.42. The van der Waals surface area contributed by atoms with Crippen molar-refractivity contribution in [3.63, 3.8) is 0 Å². The molecule has 0 amide bonds. The first-order chi connectivity index (χ1) is 13.9. The standard InChI is InChI=1S/C21H23F2N3O3/c1-24-6-2-3-11-8-25(10-16(11)24)19-15(22)7-13-18(17(19)23)26(12-4-5-12)9-14(20(13)27)21(28)29/h7,9,11-12,16H,2-6,8,10H2,1H3,(H,28,29). The van der Waals surface area contributed by atoms with E-state index in [9.17, 15) is 14.7 Å². The van der Waals surface area contributed by atoms with Crippen molar-refractivity contribution in [2.75, 3.05) is 31.6 Å². The number of fused-ring (bicyclic) bond motifs is 2. The summed E-state index contributed by atoms with van der Waals surface area (Å²) in [4.78, 5) is 28.1. The predicted octanol–water partition coefficient (Wildman–Crippen LogP) is 2.84. The fourth-order valence-corrected chi connectivity index (χ4v) is 5.10. The summed E-state index contributed by atoms with van der Waals surface area (Å²) in [6.45, 7) is 2.10. The van der Waals surface area contributed by atoms with E-state index in [4.69, 9.17) is 0 Å². The zero-order chi connectivity index (χ0) is 20.4. The third-order valence-electron chi connectivity index (χ3n) is 6.73. The van der Waals surface area contributed by atoms with Crippen molar-refractivity contribution in [1.29, 1.82) is 0 Å². The van der Waals surface area contributed by atoms with Gasteiger partial charge in [0, 0.05) is 31.4 Å². The van der Waals surface area contributed by atoms with Gasteiger partial charge in [-0.1, -0.05) is 0 Å². The van der Waals surface area contributed by atoms with Crippen LogP contribution in [0.2, 0.25) is 0 Å². The van der Waals surface area contributed by atoms with Gasteiger partial charge in [0.1, 0.15) is 17.1 Å². The first-order valence-electron chi connectivity index (χ1n) is 10.1. The molecule has 1 N–H and O–H groups in total. The molecule has 0 bridgehead atoms. The van der Waals surface area contributed by atoms with E-state index >= 15 is 8.78 Å². The van der Waals surface area contributed by atoms with Gasteiger partial charge in [-0.15, -0.1) is 0 Å². The molecule has 2 unspecified atom stereocenters. The molecule has 8 heteroatoms. The summed E-state index contributed by atoms with van der Waals surface area (Å²) in [6, 6.07) is 1.22. The lowest BCUT2D eigenvalue weighted by atomic mass is 9.93. The van der Waals surface area contributed by atoms with Gasteiger partial charge in [0.05, 0.1) is 10.9 Å². The number of carboxylic acid groups (broad SMARTS) is 1. The average Bonchev–Trinajstić information content (AvgIpc) is 3.42. The smallest absolute Gasteiger partial charge is 0.341 e. The molecule has 0 spiro atoms. The van der Waals surface area contributed by atoms with Crippen LogP contribution in [0.5, 0.6) is 0 Å². The van der Waals surface area contributed by atoms with Crippen LogP contribution in [0.25, 0.3) is 10.9 Å². The van der Waals surface area contributed by atoms with Crippen LogP contribution >= 0.6 is 0 Å². The number of anilines is 1. The Morgan fingerprint density at radius 2 is 1.97 bits per heavy atom. The number of hydrogen-bond acceptors (Lipinski definition) is 4. The van der Waals surface area contributed by atoms with Gasteiger partial charge < -0.3 is 19.5 Å². The van der Waals surface area contributed by atoms with E-state index in [2.05, 4.69) is 4.90 Å². The number of carbonyl (C=O) groups is 1. The summed E-state index contributed by atoms with van der Waals surface area (Å²) in [5.74, 6) is -2.59. The summed E-state index contributed by atoms with van der Waals surface area (Å²) in [7, 11) is 2.05. The van der Waals surface area contributed by atoms with Gasteiger partial charge in [-0.3, -0.25) is 4.79 Å². The Hall–Kier alpha value is -2.48. The van der Waals surface area contributed by atoms with Crippen molar-refractivity contribution in [1.82, 2.24) is 9.47 Å². The maximum Gasteiger partial charge on any atom is 0.341 e. The van der Waals surface area contributed by atoms with E-state index in [-0.39, 0.29) is 28.7 Å². The van der Waals surface area contributed by atoms with E-state index in [1.807, 2.05) is 7.05 Å². The molecule has 29 heavy (non-hydrogen) atoms. The van der Waals surface area contributed by atoms with Crippen LogP contribution in [0.3, 0.4) is 0 Å². The van der Waals surface area contributed by atoms with Crippen LogP contribution in [0.15, 0.2) is 17.1 Å². The number of aromatic nitrogens is 1. The Morgan fingerprint density at radius 3 is 2.62 bits per heavy atom. The highest BCUT2D eigenvalue weighted by Gasteiger charge is 2.40. The van der Waals surface area contributed by atoms with Gasteiger partial charge in [0.15, 0.2) is 5.82 Å². The molecule has 5 rings (SSSR count). The van der Waals surface area contributed by atoms with Crippen molar-refractivity contribution < 1.29 is 18.7 Å². The molecule has 1 aliphatic carbocycles. The molecule has 0 radical (unpaired) electrons. The number of nitrogens with zero attached hydrogens (tertiary/aromatic N) is 3. The van der Waals surface area contributed by atoms with Crippen LogP contribution in [0.1, 0.15) is 42.1 Å². The van der Waals surface area contributed by atoms with Gasteiger partial charge in [-0.25, -0.2) is 13.6 Å². The number of likely N-dealkylation sites (N-methyl/N-ethyl adjacent to an activating group) is 1. The van der Waals surface area contributed by atoms with Crippen LogP contribution in [-0.4, -0.2) is 53.3 Å². The number of carboxylic acids is 1. The van der Waals surface area contributed by atoms with Crippen LogP contribution in [-0.2, 0) is 0 Å². The molecule has 2 aromatic rings. The molecule has 2 saturated heterocycles. The van der Waals surface area contributed by atoms with Gasteiger partial charge >= 0.3 is 5.97 Å². The Labute approximate surface area is 166 Å². The largest absolute Gasteiger partial charge is 0.477 e. The van der Waals surface area contributed by atoms with E-state index < -0.39 is 28.6 Å². The fourth-order valence-electron chi connectivity index (χ4n) is 5.10. The highest BCUT2D eigenvalue weighted by Crippen LogP contribution is 2.41. The second kappa shape index (κ2) is 6.52. The van der Waals surface area contributed by atoms with Gasteiger partial charge in [0.25, 0.3) is 0 Å². The second-order valence-corrected chi connectivity index (χ2v) is 8.59. The first kappa shape index (κ1) is 18.5. The van der Waals surface area contributed by atoms with E-state index in [1.165, 1.54) is 10.8 Å². The Bertz CT molecular complexity index is 1080. The molecule has 3 aliphatic rings. The lowest BCUT2D eigenvalue weighted by Gasteiger charge is -2.33. The fraction of sp³-hybridized carbons (Fsp3) is 0.524. The molecular weight excluding hydrogens is 380 g/mol. The minimum absolute atomic E-state index is 0.0159. The number of pyridine rings is 1. The third kappa shape index (κ3) is 2.84. The molecule has 1 aromatic heterocycles. The molecule has 2 atom stereocenters. The predicted molar refractivity (Wildman–Crippen MR) is 105 cm³/mol. The Balaban J connectivity index is 1.68. The molecule has 154 valence electrons. The normalized spacial score (nSPS) is 24.9. The highest BCUT2D eigenvalue weighted by atomic mass is 19.1. The lowest BCUT2D eigenvalue weighted by molar-refractivity contribution is 0.0695. The Morgan fingerprint density at radius 1 is 1.21 bits per heavy atom. The minimum atomic E-state index is -1.39. The number of rotatable bonds is 3. The van der Waals surface area contributed by atoms with E-state index in [1.54, 1.807) is 4.90 Å². The molecular formula is C21H23F2N3O3. The number of aromatic carboxylic acids is 1. The van der Waals surface area contributed by atoms with Crippen LogP contribution in [0.4, 0.5) is 14.5 Å². The Kier molecular flexibility index (Phi) is 4.17. The molecule has 3 fully saturated rings. The number of hydrogen-bond donors (Lipinski definition) is 1.